The van der Waals surface area contributed by atoms with E-state index in [1.54, 1.807) is 0 Å². The maximum atomic E-state index is 4.16. The Balaban J connectivity index is 0. The van der Waals surface area contributed by atoms with Gasteiger partial charge in [-0.3, -0.25) is 4.99 Å². The van der Waals surface area contributed by atoms with Crippen molar-refractivity contribution in [1.82, 2.24) is 10.2 Å². The molecule has 0 aromatic carbocycles. The van der Waals surface area contributed by atoms with E-state index in [1.807, 2.05) is 54.0 Å². The summed E-state index contributed by atoms with van der Waals surface area (Å²) in [4.78, 5) is 6.39. The topological polar surface area (TPSA) is 27.6 Å². The molecule has 0 aliphatic carbocycles. The smallest absolute Gasteiger partial charge is 0.0653 e. The fraction of sp³-hybridized carbons (Fsp3) is 0.550. The summed E-state index contributed by atoms with van der Waals surface area (Å²) in [5.41, 5.74) is 2.60. The molecule has 0 aromatic rings. The van der Waals surface area contributed by atoms with Crippen LogP contribution in [0.4, 0.5) is 0 Å². The first-order chi connectivity index (χ1) is 11.0. The molecule has 132 valence electrons. The molecule has 0 amide bonds. The lowest BCUT2D eigenvalue weighted by Gasteiger charge is -2.29. The highest BCUT2D eigenvalue weighted by Crippen LogP contribution is 2.12. The number of nitrogens with one attached hydrogen (secondary N) is 1. The molecule has 2 unspecified atom stereocenters. The van der Waals surface area contributed by atoms with Gasteiger partial charge in [-0.15, -0.1) is 0 Å². The minimum atomic E-state index is 0.281. The standard InChI is InChI=1S/C9H16N2.C9H15N.C2H6/c1-8-5-4-6-11(3)9(8)7-10-2;1-5-8(3)7-9(4)10-6-2;1-2/h4-6,9-10H,7H2,1-3H3;5-7,9H,1H2,2-4H3;1-2H3. The molecular formula is C20H37N3. The predicted octanol–water partition coefficient (Wildman–Crippen LogP) is 4.60. The molecule has 2 atom stereocenters. The van der Waals surface area contributed by atoms with Crippen molar-refractivity contribution in [1.29, 1.82) is 0 Å². The van der Waals surface area contributed by atoms with Crippen LogP contribution in [0.1, 0.15) is 41.5 Å². The third-order valence-electron chi connectivity index (χ3n) is 3.31. The second-order valence-electron chi connectivity index (χ2n) is 5.25. The minimum absolute atomic E-state index is 0.281. The second kappa shape index (κ2) is 15.3. The van der Waals surface area contributed by atoms with Crippen LogP contribution in [0, 0.1) is 0 Å². The minimum Gasteiger partial charge on any atom is -0.372 e. The van der Waals surface area contributed by atoms with Crippen LogP contribution in [0.25, 0.3) is 0 Å². The number of allylic oxidation sites excluding steroid dienone is 4. The lowest BCUT2D eigenvalue weighted by Crippen LogP contribution is -2.37. The molecule has 0 aromatic heterocycles. The van der Waals surface area contributed by atoms with Gasteiger partial charge < -0.3 is 10.2 Å². The van der Waals surface area contributed by atoms with Crippen molar-refractivity contribution in [3.8, 4) is 0 Å². The Bertz CT molecular complexity index is 417. The summed E-state index contributed by atoms with van der Waals surface area (Å²) in [6.45, 7) is 16.8. The maximum absolute atomic E-state index is 4.16. The summed E-state index contributed by atoms with van der Waals surface area (Å²) >= 11 is 0. The maximum Gasteiger partial charge on any atom is 0.0653 e. The number of hydrogen-bond acceptors (Lipinski definition) is 3. The van der Waals surface area contributed by atoms with E-state index >= 15 is 0 Å². The Labute approximate surface area is 144 Å². The zero-order valence-electron chi connectivity index (χ0n) is 16.4. The average molecular weight is 320 g/mol. The summed E-state index contributed by atoms with van der Waals surface area (Å²) in [7, 11) is 4.09. The van der Waals surface area contributed by atoms with Crippen molar-refractivity contribution < 1.29 is 0 Å². The van der Waals surface area contributed by atoms with Gasteiger partial charge in [-0.25, -0.2) is 0 Å². The van der Waals surface area contributed by atoms with Gasteiger partial charge in [0.15, 0.2) is 0 Å². The van der Waals surface area contributed by atoms with Gasteiger partial charge in [-0.1, -0.05) is 44.2 Å². The molecule has 23 heavy (non-hydrogen) atoms. The Morgan fingerprint density at radius 3 is 2.52 bits per heavy atom. The molecule has 0 radical (unpaired) electrons. The predicted molar refractivity (Wildman–Crippen MR) is 107 cm³/mol. The highest BCUT2D eigenvalue weighted by molar-refractivity contribution is 5.53. The molecule has 1 rings (SSSR count). The SMILES string of the molecule is C=CC(C)=CC(C)N=CC.CC.CNCC1C(C)=CC=CN1C. The van der Waals surface area contributed by atoms with Gasteiger partial charge in [0, 0.05) is 13.6 Å². The van der Waals surface area contributed by atoms with Crippen LogP contribution in [0.3, 0.4) is 0 Å². The number of rotatable bonds is 5. The van der Waals surface area contributed by atoms with Gasteiger partial charge in [0.2, 0.25) is 0 Å². The van der Waals surface area contributed by atoms with Crippen LogP contribution in [-0.4, -0.2) is 43.8 Å². The average Bonchev–Trinajstić information content (AvgIpc) is 2.54. The van der Waals surface area contributed by atoms with Crippen LogP contribution < -0.4 is 5.32 Å². The van der Waals surface area contributed by atoms with E-state index in [0.29, 0.717) is 6.04 Å². The normalized spacial score (nSPS) is 18.4. The van der Waals surface area contributed by atoms with E-state index in [4.69, 9.17) is 0 Å². The molecule has 3 nitrogen and oxygen atoms in total. The summed E-state index contributed by atoms with van der Waals surface area (Å²) in [6.07, 6.45) is 12.1. The first-order valence-electron chi connectivity index (χ1n) is 8.46. The number of hydrogen-bond donors (Lipinski definition) is 1. The molecule has 1 aliphatic heterocycles. The molecule has 1 heterocycles. The van der Waals surface area contributed by atoms with E-state index in [9.17, 15) is 0 Å². The van der Waals surface area contributed by atoms with Crippen LogP contribution in [-0.2, 0) is 0 Å². The lowest BCUT2D eigenvalue weighted by atomic mass is 10.1. The molecule has 0 spiro atoms. The molecule has 3 heteroatoms. The Morgan fingerprint density at radius 1 is 1.48 bits per heavy atom. The lowest BCUT2D eigenvalue weighted by molar-refractivity contribution is 0.355. The van der Waals surface area contributed by atoms with E-state index < -0.39 is 0 Å². The molecule has 0 saturated heterocycles. The third-order valence-corrected chi connectivity index (χ3v) is 3.31. The number of nitrogens with zero attached hydrogens (tertiary/aromatic N) is 2. The molecule has 1 aliphatic rings. The first kappa shape index (κ1) is 23.7. The molecular weight excluding hydrogens is 282 g/mol. The van der Waals surface area contributed by atoms with Crippen LogP contribution in [0.5, 0.6) is 0 Å². The van der Waals surface area contributed by atoms with E-state index in [0.717, 1.165) is 6.54 Å². The second-order valence-corrected chi connectivity index (χ2v) is 5.25. The molecule has 0 bridgehead atoms. The summed E-state index contributed by atoms with van der Waals surface area (Å²) in [6, 6.07) is 0.813. The fourth-order valence-corrected chi connectivity index (χ4v) is 2.09. The zero-order chi connectivity index (χ0) is 18.3. The van der Waals surface area contributed by atoms with Crippen molar-refractivity contribution in [2.75, 3.05) is 20.6 Å². The highest BCUT2D eigenvalue weighted by atomic mass is 15.1. The van der Waals surface area contributed by atoms with Crippen molar-refractivity contribution >= 4 is 6.21 Å². The number of likely N-dealkylation sites (N-methyl/N-ethyl adjacent to an activating group) is 2. The van der Waals surface area contributed by atoms with E-state index in [2.05, 4.69) is 60.2 Å². The Hall–Kier alpha value is -1.61. The van der Waals surface area contributed by atoms with Gasteiger partial charge in [0.1, 0.15) is 0 Å². The van der Waals surface area contributed by atoms with Gasteiger partial charge in [-0.2, -0.15) is 0 Å². The monoisotopic (exact) mass is 319 g/mol. The van der Waals surface area contributed by atoms with Crippen molar-refractivity contribution in [3.63, 3.8) is 0 Å². The van der Waals surface area contributed by atoms with Crippen LogP contribution in [0.2, 0.25) is 0 Å². The molecule has 0 fully saturated rings. The van der Waals surface area contributed by atoms with Gasteiger partial charge >= 0.3 is 0 Å². The summed E-state index contributed by atoms with van der Waals surface area (Å²) in [5.74, 6) is 0. The largest absolute Gasteiger partial charge is 0.372 e. The quantitative estimate of drug-likeness (QED) is 0.592. The summed E-state index contributed by atoms with van der Waals surface area (Å²) in [5, 5.41) is 3.18. The third kappa shape index (κ3) is 11.6. The van der Waals surface area contributed by atoms with Crippen molar-refractivity contribution in [2.45, 2.75) is 53.6 Å². The van der Waals surface area contributed by atoms with E-state index in [-0.39, 0.29) is 6.04 Å². The zero-order valence-corrected chi connectivity index (χ0v) is 16.4. The highest BCUT2D eigenvalue weighted by Gasteiger charge is 2.14. The van der Waals surface area contributed by atoms with Crippen LogP contribution in [0.15, 0.2) is 53.2 Å². The van der Waals surface area contributed by atoms with Crippen molar-refractivity contribution in [3.05, 3.63) is 48.2 Å². The molecule has 1 N–H and O–H groups in total. The fourth-order valence-electron chi connectivity index (χ4n) is 2.09. The number of aliphatic imine (C=N–C) groups is 1. The van der Waals surface area contributed by atoms with Crippen molar-refractivity contribution in [2.24, 2.45) is 4.99 Å². The van der Waals surface area contributed by atoms with Crippen LogP contribution >= 0.6 is 0 Å². The first-order valence-corrected chi connectivity index (χ1v) is 8.46. The Kier molecular flexibility index (Phi) is 15.7. The van der Waals surface area contributed by atoms with Gasteiger partial charge in [0.05, 0.1) is 12.1 Å². The Morgan fingerprint density at radius 2 is 2.09 bits per heavy atom. The molecule has 0 saturated carbocycles. The summed E-state index contributed by atoms with van der Waals surface area (Å²) < 4.78 is 0. The van der Waals surface area contributed by atoms with Gasteiger partial charge in [0.25, 0.3) is 0 Å². The van der Waals surface area contributed by atoms with Gasteiger partial charge in [-0.05, 0) is 58.8 Å². The van der Waals surface area contributed by atoms with E-state index in [1.165, 1.54) is 11.1 Å².